The molecule has 0 spiro atoms. The molecule has 0 bridgehead atoms. The lowest BCUT2D eigenvalue weighted by Crippen LogP contribution is -2.42. The molecular formula is C19H25N3O2. The fraction of sp³-hybridized carbons (Fsp3) is 0.474. The third-order valence-electron chi connectivity index (χ3n) is 5.05. The molecule has 5 heteroatoms. The minimum Gasteiger partial charge on any atom is -0.480 e. The van der Waals surface area contributed by atoms with E-state index in [1.165, 1.54) is 5.56 Å². The van der Waals surface area contributed by atoms with Crippen LogP contribution in [0.3, 0.4) is 0 Å². The van der Waals surface area contributed by atoms with Gasteiger partial charge in [0.1, 0.15) is 0 Å². The van der Waals surface area contributed by atoms with Crippen molar-refractivity contribution in [3.63, 3.8) is 0 Å². The Labute approximate surface area is 143 Å². The minimum atomic E-state index is -0.402. The van der Waals surface area contributed by atoms with E-state index in [2.05, 4.69) is 29.5 Å². The average Bonchev–Trinajstić information content (AvgIpc) is 3.20. The van der Waals surface area contributed by atoms with Crippen LogP contribution in [0.1, 0.15) is 42.4 Å². The second-order valence-electron chi connectivity index (χ2n) is 6.62. The van der Waals surface area contributed by atoms with Gasteiger partial charge < -0.3 is 10.1 Å². The number of rotatable bonds is 5. The molecule has 0 saturated heterocycles. The standard InChI is InChI=1S/C19H25N3O2/c1-14-8-4-5-9-16(14)19(10-6-7-11-19)18(23)20-12-15-13-22(2)21-17(15)24-3/h4-5,8-9,13H,6-7,10-12H2,1-3H3,(H,20,23). The van der Waals surface area contributed by atoms with E-state index in [1.54, 1.807) is 11.8 Å². The highest BCUT2D eigenvalue weighted by atomic mass is 16.5. The molecule has 0 atom stereocenters. The van der Waals surface area contributed by atoms with Crippen molar-refractivity contribution in [2.24, 2.45) is 7.05 Å². The Bertz CT molecular complexity index is 730. The summed E-state index contributed by atoms with van der Waals surface area (Å²) < 4.78 is 6.97. The second kappa shape index (κ2) is 6.67. The highest BCUT2D eigenvalue weighted by molar-refractivity contribution is 5.89. The Hall–Kier alpha value is -2.30. The molecule has 1 aliphatic rings. The largest absolute Gasteiger partial charge is 0.480 e. The Kier molecular flexibility index (Phi) is 4.60. The van der Waals surface area contributed by atoms with Gasteiger partial charge in [0.15, 0.2) is 0 Å². The molecule has 0 radical (unpaired) electrons. The van der Waals surface area contributed by atoms with Crippen molar-refractivity contribution in [3.8, 4) is 5.88 Å². The van der Waals surface area contributed by atoms with E-state index in [0.717, 1.165) is 36.8 Å². The number of hydrogen-bond acceptors (Lipinski definition) is 3. The van der Waals surface area contributed by atoms with E-state index < -0.39 is 5.41 Å². The molecule has 1 fully saturated rings. The SMILES string of the molecule is COc1nn(C)cc1CNC(=O)C1(c2ccccc2C)CCCC1. The molecule has 1 aliphatic carbocycles. The van der Waals surface area contributed by atoms with Crippen LogP contribution in [0.15, 0.2) is 30.5 Å². The van der Waals surface area contributed by atoms with Crippen molar-refractivity contribution in [3.05, 3.63) is 47.2 Å². The van der Waals surface area contributed by atoms with E-state index in [1.807, 2.05) is 25.4 Å². The Morgan fingerprint density at radius 1 is 1.33 bits per heavy atom. The average molecular weight is 327 g/mol. The number of nitrogens with zero attached hydrogens (tertiary/aromatic N) is 2. The molecule has 24 heavy (non-hydrogen) atoms. The number of amides is 1. The Balaban J connectivity index is 1.82. The van der Waals surface area contributed by atoms with E-state index in [9.17, 15) is 4.79 Å². The maximum absolute atomic E-state index is 13.1. The number of benzene rings is 1. The van der Waals surface area contributed by atoms with Crippen molar-refractivity contribution >= 4 is 5.91 Å². The van der Waals surface area contributed by atoms with Crippen molar-refractivity contribution in [2.45, 2.75) is 44.6 Å². The van der Waals surface area contributed by atoms with Crippen LogP contribution in [0.2, 0.25) is 0 Å². The van der Waals surface area contributed by atoms with Gasteiger partial charge in [0.2, 0.25) is 11.8 Å². The number of methoxy groups -OCH3 is 1. The molecule has 1 amide bonds. The molecule has 128 valence electrons. The zero-order chi connectivity index (χ0) is 17.2. The smallest absolute Gasteiger partial charge is 0.237 e. The van der Waals surface area contributed by atoms with Crippen LogP contribution in [0, 0.1) is 6.92 Å². The summed E-state index contributed by atoms with van der Waals surface area (Å²) >= 11 is 0. The quantitative estimate of drug-likeness (QED) is 0.919. The Morgan fingerprint density at radius 2 is 2.04 bits per heavy atom. The number of aryl methyl sites for hydroxylation is 2. The molecule has 1 N–H and O–H groups in total. The first-order valence-corrected chi connectivity index (χ1v) is 8.48. The zero-order valence-electron chi connectivity index (χ0n) is 14.6. The van der Waals surface area contributed by atoms with Gasteiger partial charge in [0.05, 0.1) is 18.1 Å². The number of ether oxygens (including phenoxy) is 1. The highest BCUT2D eigenvalue weighted by Crippen LogP contribution is 2.42. The van der Waals surface area contributed by atoms with Gasteiger partial charge in [-0.15, -0.1) is 5.10 Å². The molecule has 1 saturated carbocycles. The summed E-state index contributed by atoms with van der Waals surface area (Å²) in [6.07, 6.45) is 5.89. The van der Waals surface area contributed by atoms with Crippen LogP contribution < -0.4 is 10.1 Å². The van der Waals surface area contributed by atoms with Crippen molar-refractivity contribution in [1.82, 2.24) is 15.1 Å². The number of aromatic nitrogens is 2. The monoisotopic (exact) mass is 327 g/mol. The van der Waals surface area contributed by atoms with Crippen LogP contribution in [-0.2, 0) is 23.8 Å². The molecule has 2 aromatic rings. The maximum atomic E-state index is 13.1. The molecule has 3 rings (SSSR count). The predicted octanol–water partition coefficient (Wildman–Crippen LogP) is 2.87. The lowest BCUT2D eigenvalue weighted by Gasteiger charge is -2.29. The van der Waals surface area contributed by atoms with Crippen molar-refractivity contribution in [1.29, 1.82) is 0 Å². The summed E-state index contributed by atoms with van der Waals surface area (Å²) in [5.41, 5.74) is 2.85. The van der Waals surface area contributed by atoms with Crippen LogP contribution in [-0.4, -0.2) is 22.8 Å². The van der Waals surface area contributed by atoms with Gasteiger partial charge in [0, 0.05) is 19.8 Å². The summed E-state index contributed by atoms with van der Waals surface area (Å²) in [5.74, 6) is 0.675. The minimum absolute atomic E-state index is 0.111. The third-order valence-corrected chi connectivity index (χ3v) is 5.05. The zero-order valence-corrected chi connectivity index (χ0v) is 14.6. The summed E-state index contributed by atoms with van der Waals surface area (Å²) in [6.45, 7) is 2.52. The predicted molar refractivity (Wildman–Crippen MR) is 92.9 cm³/mol. The summed E-state index contributed by atoms with van der Waals surface area (Å²) in [6, 6.07) is 8.25. The van der Waals surface area contributed by atoms with Crippen LogP contribution >= 0.6 is 0 Å². The fourth-order valence-corrected chi connectivity index (χ4v) is 3.86. The first kappa shape index (κ1) is 16.6. The second-order valence-corrected chi connectivity index (χ2v) is 6.62. The molecule has 0 aliphatic heterocycles. The lowest BCUT2D eigenvalue weighted by atomic mass is 9.76. The number of hydrogen-bond donors (Lipinski definition) is 1. The third kappa shape index (κ3) is 2.90. The highest BCUT2D eigenvalue weighted by Gasteiger charge is 2.43. The maximum Gasteiger partial charge on any atom is 0.237 e. The molecule has 1 aromatic heterocycles. The molecule has 5 nitrogen and oxygen atoms in total. The Morgan fingerprint density at radius 3 is 2.71 bits per heavy atom. The number of carbonyl (C=O) groups is 1. The van der Waals surface area contributed by atoms with Gasteiger partial charge in [0.25, 0.3) is 0 Å². The summed E-state index contributed by atoms with van der Waals surface area (Å²) in [5, 5.41) is 7.36. The van der Waals surface area contributed by atoms with E-state index in [4.69, 9.17) is 4.74 Å². The summed E-state index contributed by atoms with van der Waals surface area (Å²) in [7, 11) is 3.44. The van der Waals surface area contributed by atoms with Crippen molar-refractivity contribution < 1.29 is 9.53 Å². The molecule has 1 aromatic carbocycles. The van der Waals surface area contributed by atoms with Gasteiger partial charge in [-0.2, -0.15) is 0 Å². The van der Waals surface area contributed by atoms with E-state index in [0.29, 0.717) is 12.4 Å². The van der Waals surface area contributed by atoms with Gasteiger partial charge in [-0.25, -0.2) is 0 Å². The number of carbonyl (C=O) groups excluding carboxylic acids is 1. The molecular weight excluding hydrogens is 302 g/mol. The van der Waals surface area contributed by atoms with Gasteiger partial charge in [-0.05, 0) is 30.9 Å². The first-order valence-electron chi connectivity index (χ1n) is 8.48. The lowest BCUT2D eigenvalue weighted by molar-refractivity contribution is -0.126. The summed E-state index contributed by atoms with van der Waals surface area (Å²) in [4.78, 5) is 13.1. The topological polar surface area (TPSA) is 56.1 Å². The van der Waals surface area contributed by atoms with Gasteiger partial charge in [-0.3, -0.25) is 9.48 Å². The molecule has 0 unspecified atom stereocenters. The van der Waals surface area contributed by atoms with Crippen LogP contribution in [0.4, 0.5) is 0 Å². The van der Waals surface area contributed by atoms with Crippen molar-refractivity contribution in [2.75, 3.05) is 7.11 Å². The number of nitrogens with one attached hydrogen (secondary N) is 1. The van der Waals surface area contributed by atoms with E-state index in [-0.39, 0.29) is 5.91 Å². The fourth-order valence-electron chi connectivity index (χ4n) is 3.86. The normalized spacial score (nSPS) is 16.1. The van der Waals surface area contributed by atoms with Gasteiger partial charge in [-0.1, -0.05) is 37.1 Å². The first-order chi connectivity index (χ1) is 11.6. The molecule has 1 heterocycles. The van der Waals surface area contributed by atoms with Gasteiger partial charge >= 0.3 is 0 Å². The van der Waals surface area contributed by atoms with E-state index >= 15 is 0 Å². The van der Waals surface area contributed by atoms with Crippen LogP contribution in [0.25, 0.3) is 0 Å². The van der Waals surface area contributed by atoms with Crippen LogP contribution in [0.5, 0.6) is 5.88 Å².